The molecule has 0 radical (unpaired) electrons. The van der Waals surface area contributed by atoms with Crippen molar-refractivity contribution in [3.05, 3.63) is 28.9 Å². The molecule has 0 spiro atoms. The van der Waals surface area contributed by atoms with Gasteiger partial charge in [0.05, 0.1) is 0 Å². The van der Waals surface area contributed by atoms with Gasteiger partial charge in [0.2, 0.25) is 0 Å². The van der Waals surface area contributed by atoms with Crippen molar-refractivity contribution in [1.82, 2.24) is 15.4 Å². The molecule has 1 aliphatic heterocycles. The van der Waals surface area contributed by atoms with Gasteiger partial charge in [-0.1, -0.05) is 0 Å². The maximum Gasteiger partial charge on any atom is 0.0362 e. The highest BCUT2D eigenvalue weighted by atomic mass is 15.5. The SMILES string of the molecule is CN1C=c2ccncc2=CN1. The summed E-state index contributed by atoms with van der Waals surface area (Å²) in [4.78, 5) is 4.01. The van der Waals surface area contributed by atoms with E-state index in [0.29, 0.717) is 0 Å². The molecule has 0 unspecified atom stereocenters. The molecule has 2 heterocycles. The van der Waals surface area contributed by atoms with Crippen LogP contribution in [0.3, 0.4) is 0 Å². The van der Waals surface area contributed by atoms with Crippen molar-refractivity contribution < 1.29 is 0 Å². The van der Waals surface area contributed by atoms with Crippen molar-refractivity contribution in [2.45, 2.75) is 0 Å². The third-order valence-corrected chi connectivity index (χ3v) is 1.64. The minimum Gasteiger partial charge on any atom is -0.306 e. The van der Waals surface area contributed by atoms with Crippen LogP contribution < -0.4 is 15.9 Å². The molecule has 11 heavy (non-hydrogen) atoms. The summed E-state index contributed by atoms with van der Waals surface area (Å²) < 4.78 is 0. The zero-order valence-corrected chi connectivity index (χ0v) is 6.28. The van der Waals surface area contributed by atoms with E-state index < -0.39 is 0 Å². The van der Waals surface area contributed by atoms with Crippen LogP contribution >= 0.6 is 0 Å². The van der Waals surface area contributed by atoms with E-state index in [-0.39, 0.29) is 0 Å². The van der Waals surface area contributed by atoms with E-state index in [2.05, 4.69) is 10.4 Å². The third-order valence-electron chi connectivity index (χ3n) is 1.64. The number of rotatable bonds is 0. The molecule has 0 amide bonds. The predicted molar refractivity (Wildman–Crippen MR) is 43.3 cm³/mol. The lowest BCUT2D eigenvalue weighted by Gasteiger charge is -2.16. The minimum atomic E-state index is 1.13. The highest BCUT2D eigenvalue weighted by Gasteiger charge is 1.93. The zero-order chi connectivity index (χ0) is 7.68. The van der Waals surface area contributed by atoms with Crippen molar-refractivity contribution in [2.75, 3.05) is 7.05 Å². The smallest absolute Gasteiger partial charge is 0.0362 e. The molecule has 3 nitrogen and oxygen atoms in total. The highest BCUT2D eigenvalue weighted by molar-refractivity contribution is 5.32. The van der Waals surface area contributed by atoms with Crippen molar-refractivity contribution in [1.29, 1.82) is 0 Å². The van der Waals surface area contributed by atoms with Crippen LogP contribution in [0.2, 0.25) is 0 Å². The standard InChI is InChI=1S/C8H9N3/c1-11-6-7-2-3-9-4-8(7)5-10-11/h2-6,10H,1H3. The minimum absolute atomic E-state index is 1.13. The van der Waals surface area contributed by atoms with Gasteiger partial charge in [0.1, 0.15) is 0 Å². The van der Waals surface area contributed by atoms with E-state index in [0.717, 1.165) is 5.22 Å². The van der Waals surface area contributed by atoms with Crippen molar-refractivity contribution in [2.24, 2.45) is 0 Å². The van der Waals surface area contributed by atoms with Gasteiger partial charge >= 0.3 is 0 Å². The molecule has 1 aromatic heterocycles. The van der Waals surface area contributed by atoms with E-state index >= 15 is 0 Å². The van der Waals surface area contributed by atoms with Crippen LogP contribution in [0.4, 0.5) is 0 Å². The Morgan fingerprint density at radius 3 is 3.27 bits per heavy atom. The predicted octanol–water partition coefficient (Wildman–Crippen LogP) is -0.992. The Balaban J connectivity index is 2.73. The average Bonchev–Trinajstić information content (AvgIpc) is 2.04. The van der Waals surface area contributed by atoms with Crippen LogP contribution in [0.1, 0.15) is 0 Å². The first-order valence-electron chi connectivity index (χ1n) is 3.47. The van der Waals surface area contributed by atoms with Gasteiger partial charge in [-0.3, -0.25) is 9.99 Å². The fraction of sp³-hybridized carbons (Fsp3) is 0.125. The number of aromatic nitrogens is 1. The van der Waals surface area contributed by atoms with E-state index in [1.54, 1.807) is 6.20 Å². The van der Waals surface area contributed by atoms with Gasteiger partial charge in [0, 0.05) is 42.3 Å². The van der Waals surface area contributed by atoms with E-state index in [9.17, 15) is 0 Å². The fourth-order valence-corrected chi connectivity index (χ4v) is 1.07. The van der Waals surface area contributed by atoms with Crippen LogP contribution in [0.15, 0.2) is 18.5 Å². The summed E-state index contributed by atoms with van der Waals surface area (Å²) in [5, 5.41) is 4.23. The number of nitrogens with one attached hydrogen (secondary N) is 1. The van der Waals surface area contributed by atoms with Crippen molar-refractivity contribution in [3.8, 4) is 0 Å². The summed E-state index contributed by atoms with van der Waals surface area (Å²) in [6.07, 6.45) is 7.59. The highest BCUT2D eigenvalue weighted by Crippen LogP contribution is 1.78. The molecule has 0 aromatic carbocycles. The first-order chi connectivity index (χ1) is 5.36. The number of hydrogen-bond acceptors (Lipinski definition) is 3. The van der Waals surface area contributed by atoms with Gasteiger partial charge in [-0.2, -0.15) is 0 Å². The number of hydrogen-bond donors (Lipinski definition) is 1. The molecule has 0 saturated carbocycles. The normalized spacial score (nSPS) is 14.1. The Hall–Kier alpha value is -1.51. The lowest BCUT2D eigenvalue weighted by Crippen LogP contribution is -2.39. The molecule has 1 aliphatic rings. The van der Waals surface area contributed by atoms with Gasteiger partial charge in [-0.25, -0.2) is 0 Å². The van der Waals surface area contributed by atoms with Crippen LogP contribution in [-0.4, -0.2) is 17.0 Å². The molecule has 0 fully saturated rings. The van der Waals surface area contributed by atoms with Crippen LogP contribution in [-0.2, 0) is 0 Å². The summed E-state index contributed by atoms with van der Waals surface area (Å²) in [6.45, 7) is 0. The maximum atomic E-state index is 4.01. The largest absolute Gasteiger partial charge is 0.306 e. The second-order valence-electron chi connectivity index (χ2n) is 2.52. The zero-order valence-electron chi connectivity index (χ0n) is 6.28. The Bertz CT molecular complexity index is 369. The van der Waals surface area contributed by atoms with E-state index in [4.69, 9.17) is 0 Å². The number of pyridine rings is 1. The summed E-state index contributed by atoms with van der Waals surface area (Å²) >= 11 is 0. The van der Waals surface area contributed by atoms with Crippen molar-refractivity contribution >= 4 is 12.4 Å². The maximum absolute atomic E-state index is 4.01. The van der Waals surface area contributed by atoms with Gasteiger partial charge in [-0.15, -0.1) is 0 Å². The molecule has 0 saturated heterocycles. The Labute approximate surface area is 64.6 Å². The average molecular weight is 147 g/mol. The number of nitrogens with zero attached hydrogens (tertiary/aromatic N) is 2. The lowest BCUT2D eigenvalue weighted by atomic mass is 10.3. The van der Waals surface area contributed by atoms with Gasteiger partial charge in [0.25, 0.3) is 0 Å². The molecule has 3 heteroatoms. The summed E-state index contributed by atoms with van der Waals surface area (Å²) in [6, 6.07) is 1.99. The topological polar surface area (TPSA) is 28.2 Å². The summed E-state index contributed by atoms with van der Waals surface area (Å²) in [7, 11) is 1.96. The molecular formula is C8H9N3. The van der Waals surface area contributed by atoms with Gasteiger partial charge in [0.15, 0.2) is 0 Å². The Morgan fingerprint density at radius 2 is 2.36 bits per heavy atom. The monoisotopic (exact) mass is 147 g/mol. The van der Waals surface area contributed by atoms with Crippen LogP contribution in [0.25, 0.3) is 12.4 Å². The first kappa shape index (κ1) is 6.22. The molecule has 2 rings (SSSR count). The van der Waals surface area contributed by atoms with Crippen LogP contribution in [0.5, 0.6) is 0 Å². The lowest BCUT2D eigenvalue weighted by molar-refractivity contribution is 0.439. The molecule has 0 atom stereocenters. The quantitative estimate of drug-likeness (QED) is 0.510. The van der Waals surface area contributed by atoms with Crippen LogP contribution in [0, 0.1) is 0 Å². The second-order valence-corrected chi connectivity index (χ2v) is 2.52. The summed E-state index contributed by atoms with van der Waals surface area (Å²) in [5.41, 5.74) is 3.05. The third kappa shape index (κ3) is 1.05. The Kier molecular flexibility index (Phi) is 1.28. The second kappa shape index (κ2) is 2.27. The summed E-state index contributed by atoms with van der Waals surface area (Å²) in [5.74, 6) is 0. The molecule has 1 aromatic rings. The molecule has 56 valence electrons. The fourth-order valence-electron chi connectivity index (χ4n) is 1.07. The first-order valence-corrected chi connectivity index (χ1v) is 3.47. The molecule has 0 aliphatic carbocycles. The molecule has 1 N–H and O–H groups in total. The molecular weight excluding hydrogens is 138 g/mol. The number of hydrazine groups is 1. The van der Waals surface area contributed by atoms with E-state index in [1.807, 2.05) is 36.7 Å². The van der Waals surface area contributed by atoms with Gasteiger partial charge in [-0.05, 0) is 6.07 Å². The van der Waals surface area contributed by atoms with Crippen molar-refractivity contribution in [3.63, 3.8) is 0 Å². The molecule has 0 bridgehead atoms. The Morgan fingerprint density at radius 1 is 1.45 bits per heavy atom. The van der Waals surface area contributed by atoms with E-state index in [1.165, 1.54) is 5.22 Å². The number of fused-ring (bicyclic) bond motifs is 1. The van der Waals surface area contributed by atoms with Gasteiger partial charge < -0.3 is 5.43 Å².